The first-order valence-corrected chi connectivity index (χ1v) is 5.53. The quantitative estimate of drug-likeness (QED) is 0.716. The predicted octanol–water partition coefficient (Wildman–Crippen LogP) is 2.98. The summed E-state index contributed by atoms with van der Waals surface area (Å²) in [5.74, 6) is 0. The third kappa shape index (κ3) is 1.83. The molecule has 1 aliphatic rings. The van der Waals surface area contributed by atoms with E-state index in [2.05, 4.69) is 43.4 Å². The lowest BCUT2D eigenvalue weighted by molar-refractivity contribution is 0.283. The highest BCUT2D eigenvalue weighted by Gasteiger charge is 2.27. The fraction of sp³-hybridized carbons (Fsp3) is 0.538. The van der Waals surface area contributed by atoms with Gasteiger partial charge in [-0.1, -0.05) is 36.2 Å². The van der Waals surface area contributed by atoms with E-state index >= 15 is 0 Å². The van der Waals surface area contributed by atoms with E-state index in [-0.39, 0.29) is 5.54 Å². The van der Waals surface area contributed by atoms with Crippen molar-refractivity contribution in [3.63, 3.8) is 0 Å². The summed E-state index contributed by atoms with van der Waals surface area (Å²) in [7, 11) is 0. The monoisotopic (exact) mass is 189 g/mol. The summed E-state index contributed by atoms with van der Waals surface area (Å²) < 4.78 is 0. The van der Waals surface area contributed by atoms with Crippen LogP contribution in [0.3, 0.4) is 0 Å². The third-order valence-corrected chi connectivity index (χ3v) is 3.31. The molecule has 0 aromatic heterocycles. The predicted molar refractivity (Wildman–Crippen MR) is 60.4 cm³/mol. The molecular formula is C13H19N. The van der Waals surface area contributed by atoms with E-state index in [0.717, 1.165) is 6.54 Å². The second kappa shape index (κ2) is 3.74. The van der Waals surface area contributed by atoms with Crippen molar-refractivity contribution >= 4 is 0 Å². The fourth-order valence-electron chi connectivity index (χ4n) is 2.22. The Morgan fingerprint density at radius 1 is 1.14 bits per heavy atom. The van der Waals surface area contributed by atoms with Crippen molar-refractivity contribution < 1.29 is 0 Å². The third-order valence-electron chi connectivity index (χ3n) is 3.31. The van der Waals surface area contributed by atoms with Crippen molar-refractivity contribution in [2.24, 2.45) is 0 Å². The van der Waals surface area contributed by atoms with Crippen LogP contribution >= 0.6 is 0 Å². The molecule has 1 unspecified atom stereocenters. The molecule has 0 aliphatic carbocycles. The minimum absolute atomic E-state index is 0.214. The van der Waals surface area contributed by atoms with E-state index in [1.807, 2.05) is 0 Å². The van der Waals surface area contributed by atoms with Gasteiger partial charge in [0.25, 0.3) is 0 Å². The van der Waals surface area contributed by atoms with E-state index in [4.69, 9.17) is 0 Å². The first-order valence-electron chi connectivity index (χ1n) is 5.53. The van der Waals surface area contributed by atoms with Crippen LogP contribution in [0.25, 0.3) is 0 Å². The Morgan fingerprint density at radius 3 is 2.43 bits per heavy atom. The minimum atomic E-state index is 0.214. The SMILES string of the molecule is Cc1ccc(C2(C)CCCCN2)cc1. The van der Waals surface area contributed by atoms with Crippen LogP contribution in [-0.2, 0) is 5.54 Å². The van der Waals surface area contributed by atoms with Gasteiger partial charge in [0.2, 0.25) is 0 Å². The molecule has 0 bridgehead atoms. The van der Waals surface area contributed by atoms with Crippen LogP contribution < -0.4 is 5.32 Å². The highest BCUT2D eigenvalue weighted by atomic mass is 15.0. The Labute approximate surface area is 86.5 Å². The number of hydrogen-bond donors (Lipinski definition) is 1. The molecule has 1 heteroatoms. The van der Waals surface area contributed by atoms with Crippen molar-refractivity contribution in [2.45, 2.75) is 38.6 Å². The van der Waals surface area contributed by atoms with E-state index in [1.165, 1.54) is 30.4 Å². The summed E-state index contributed by atoms with van der Waals surface area (Å²) in [5.41, 5.74) is 2.99. The number of piperidine rings is 1. The Bertz CT molecular complexity index is 294. The Balaban J connectivity index is 2.23. The largest absolute Gasteiger partial charge is 0.308 e. The minimum Gasteiger partial charge on any atom is -0.308 e. The Hall–Kier alpha value is -0.820. The molecule has 1 saturated heterocycles. The first kappa shape index (κ1) is 9.72. The second-order valence-corrected chi connectivity index (χ2v) is 4.58. The summed E-state index contributed by atoms with van der Waals surface area (Å²) in [4.78, 5) is 0. The highest BCUT2D eigenvalue weighted by molar-refractivity contribution is 5.27. The molecule has 0 saturated carbocycles. The summed E-state index contributed by atoms with van der Waals surface area (Å²) in [6, 6.07) is 8.93. The van der Waals surface area contributed by atoms with Crippen LogP contribution in [0.1, 0.15) is 37.3 Å². The fourth-order valence-corrected chi connectivity index (χ4v) is 2.22. The zero-order chi connectivity index (χ0) is 10.0. The molecule has 1 aromatic rings. The summed E-state index contributed by atoms with van der Waals surface area (Å²) in [6.07, 6.45) is 3.93. The normalized spacial score (nSPS) is 27.6. The standard InChI is InChI=1S/C13H19N/c1-11-5-7-12(8-6-11)13(2)9-3-4-10-14-13/h5-8,14H,3-4,9-10H2,1-2H3. The molecule has 14 heavy (non-hydrogen) atoms. The molecule has 0 spiro atoms. The summed E-state index contributed by atoms with van der Waals surface area (Å²) in [5, 5.41) is 3.63. The average molecular weight is 189 g/mol. The van der Waals surface area contributed by atoms with Crippen molar-refractivity contribution in [1.29, 1.82) is 0 Å². The number of hydrogen-bond acceptors (Lipinski definition) is 1. The second-order valence-electron chi connectivity index (χ2n) is 4.58. The average Bonchev–Trinajstić information content (AvgIpc) is 2.19. The van der Waals surface area contributed by atoms with E-state index in [1.54, 1.807) is 0 Å². The number of nitrogens with one attached hydrogen (secondary N) is 1. The van der Waals surface area contributed by atoms with Gasteiger partial charge >= 0.3 is 0 Å². The molecule has 1 nitrogen and oxygen atoms in total. The highest BCUT2D eigenvalue weighted by Crippen LogP contribution is 2.29. The molecule has 0 amide bonds. The number of rotatable bonds is 1. The van der Waals surface area contributed by atoms with Crippen LogP contribution in [-0.4, -0.2) is 6.54 Å². The van der Waals surface area contributed by atoms with Crippen LogP contribution in [0.4, 0.5) is 0 Å². The lowest BCUT2D eigenvalue weighted by atomic mass is 9.84. The van der Waals surface area contributed by atoms with Gasteiger partial charge in [0.15, 0.2) is 0 Å². The van der Waals surface area contributed by atoms with Gasteiger partial charge in [0.05, 0.1) is 0 Å². The van der Waals surface area contributed by atoms with Gasteiger partial charge in [-0.05, 0) is 38.8 Å². The van der Waals surface area contributed by atoms with Gasteiger partial charge in [0, 0.05) is 5.54 Å². The van der Waals surface area contributed by atoms with Gasteiger partial charge < -0.3 is 5.32 Å². The van der Waals surface area contributed by atoms with Crippen LogP contribution in [0.15, 0.2) is 24.3 Å². The Morgan fingerprint density at radius 2 is 1.86 bits per heavy atom. The topological polar surface area (TPSA) is 12.0 Å². The van der Waals surface area contributed by atoms with Gasteiger partial charge in [-0.3, -0.25) is 0 Å². The summed E-state index contributed by atoms with van der Waals surface area (Å²) in [6.45, 7) is 5.61. The van der Waals surface area contributed by atoms with Crippen molar-refractivity contribution in [2.75, 3.05) is 6.54 Å². The van der Waals surface area contributed by atoms with Crippen LogP contribution in [0.5, 0.6) is 0 Å². The molecule has 2 rings (SSSR count). The maximum atomic E-state index is 3.63. The molecule has 1 atom stereocenters. The molecule has 1 aromatic carbocycles. The molecule has 76 valence electrons. The Kier molecular flexibility index (Phi) is 2.60. The first-order chi connectivity index (χ1) is 6.71. The van der Waals surface area contributed by atoms with Gasteiger partial charge in [-0.15, -0.1) is 0 Å². The molecule has 1 heterocycles. The number of benzene rings is 1. The molecule has 1 aliphatic heterocycles. The van der Waals surface area contributed by atoms with Crippen molar-refractivity contribution in [3.05, 3.63) is 35.4 Å². The van der Waals surface area contributed by atoms with Gasteiger partial charge in [-0.25, -0.2) is 0 Å². The maximum absolute atomic E-state index is 3.63. The van der Waals surface area contributed by atoms with Crippen LogP contribution in [0, 0.1) is 6.92 Å². The lowest BCUT2D eigenvalue weighted by Gasteiger charge is -2.35. The molecular weight excluding hydrogens is 170 g/mol. The zero-order valence-corrected chi connectivity index (χ0v) is 9.14. The lowest BCUT2D eigenvalue weighted by Crippen LogP contribution is -2.43. The van der Waals surface area contributed by atoms with Gasteiger partial charge in [0.1, 0.15) is 0 Å². The van der Waals surface area contributed by atoms with E-state index in [0.29, 0.717) is 0 Å². The van der Waals surface area contributed by atoms with Crippen molar-refractivity contribution in [3.8, 4) is 0 Å². The molecule has 0 radical (unpaired) electrons. The van der Waals surface area contributed by atoms with Gasteiger partial charge in [-0.2, -0.15) is 0 Å². The maximum Gasteiger partial charge on any atom is 0.0406 e. The summed E-state index contributed by atoms with van der Waals surface area (Å²) >= 11 is 0. The van der Waals surface area contributed by atoms with E-state index in [9.17, 15) is 0 Å². The van der Waals surface area contributed by atoms with Crippen LogP contribution in [0.2, 0.25) is 0 Å². The smallest absolute Gasteiger partial charge is 0.0406 e. The molecule has 1 N–H and O–H groups in total. The van der Waals surface area contributed by atoms with E-state index < -0.39 is 0 Å². The number of aryl methyl sites for hydroxylation is 1. The zero-order valence-electron chi connectivity index (χ0n) is 9.14. The van der Waals surface area contributed by atoms with Crippen molar-refractivity contribution in [1.82, 2.24) is 5.32 Å². The molecule has 1 fully saturated rings.